The predicted octanol–water partition coefficient (Wildman–Crippen LogP) is 5.40. The summed E-state index contributed by atoms with van der Waals surface area (Å²) in [5.41, 5.74) is 16.7. The molecule has 0 unspecified atom stereocenters. The van der Waals surface area contributed by atoms with Crippen LogP contribution < -0.4 is 22.1 Å². The first-order chi connectivity index (χ1) is 15.9. The molecule has 0 spiro atoms. The Kier molecular flexibility index (Phi) is 5.03. The number of fused-ring (bicyclic) bond motifs is 2. The minimum Gasteiger partial charge on any atom is -0.399 e. The molecular formula is C26H20N4O2S. The quantitative estimate of drug-likeness (QED) is 0.184. The van der Waals surface area contributed by atoms with Gasteiger partial charge in [0.1, 0.15) is 0 Å². The van der Waals surface area contributed by atoms with Crippen LogP contribution in [-0.2, 0) is 0 Å². The van der Waals surface area contributed by atoms with Crippen LogP contribution in [0.1, 0.15) is 31.8 Å². The largest absolute Gasteiger partial charge is 0.399 e. The molecule has 1 aliphatic rings. The molecule has 5 rings (SSSR count). The molecule has 33 heavy (non-hydrogen) atoms. The van der Waals surface area contributed by atoms with Crippen LogP contribution in [0.4, 0.5) is 34.1 Å². The molecule has 4 aromatic carbocycles. The standard InChI is InChI=1S/C26H20N4O2S/c27-14-4-8-16(9-5-14)29-20-3-1-2-18-22(20)25(31)19-12-13-21(33)24(23(19)26(18)32)30-17-10-6-15(28)7-11-17/h1-13,29-30,33H,27-28H2. The summed E-state index contributed by atoms with van der Waals surface area (Å²) < 4.78 is 0. The second-order valence-corrected chi connectivity index (χ2v) is 8.24. The molecule has 162 valence electrons. The molecule has 6 N–H and O–H groups in total. The van der Waals surface area contributed by atoms with Gasteiger partial charge < -0.3 is 22.1 Å². The third kappa shape index (κ3) is 3.68. The Labute approximate surface area is 196 Å². The highest BCUT2D eigenvalue weighted by atomic mass is 32.1. The van der Waals surface area contributed by atoms with Crippen LogP contribution >= 0.6 is 12.6 Å². The third-order valence-corrected chi connectivity index (χ3v) is 5.93. The first-order valence-corrected chi connectivity index (χ1v) is 10.7. The summed E-state index contributed by atoms with van der Waals surface area (Å²) in [7, 11) is 0. The second-order valence-electron chi connectivity index (χ2n) is 7.76. The van der Waals surface area contributed by atoms with Crippen molar-refractivity contribution in [1.29, 1.82) is 0 Å². The number of nitrogens with one attached hydrogen (secondary N) is 2. The highest BCUT2D eigenvalue weighted by molar-refractivity contribution is 7.80. The maximum Gasteiger partial charge on any atom is 0.196 e. The Bertz CT molecular complexity index is 1410. The first kappa shape index (κ1) is 20.7. The number of hydrogen-bond acceptors (Lipinski definition) is 7. The lowest BCUT2D eigenvalue weighted by Gasteiger charge is -2.24. The average Bonchev–Trinajstić information content (AvgIpc) is 2.81. The zero-order valence-corrected chi connectivity index (χ0v) is 18.3. The van der Waals surface area contributed by atoms with E-state index >= 15 is 0 Å². The van der Waals surface area contributed by atoms with E-state index in [2.05, 4.69) is 23.3 Å². The highest BCUT2D eigenvalue weighted by Gasteiger charge is 2.34. The summed E-state index contributed by atoms with van der Waals surface area (Å²) in [5, 5.41) is 6.48. The van der Waals surface area contributed by atoms with Crippen LogP contribution in [0.3, 0.4) is 0 Å². The van der Waals surface area contributed by atoms with E-state index in [-0.39, 0.29) is 11.6 Å². The number of anilines is 6. The SMILES string of the molecule is Nc1ccc(Nc2cccc3c2C(=O)c2ccc(S)c(Nc4ccc(N)cc4)c2C3=O)cc1. The van der Waals surface area contributed by atoms with Gasteiger partial charge in [-0.1, -0.05) is 12.1 Å². The molecule has 0 saturated carbocycles. The maximum absolute atomic E-state index is 13.6. The van der Waals surface area contributed by atoms with Crippen molar-refractivity contribution in [2.45, 2.75) is 4.90 Å². The van der Waals surface area contributed by atoms with Crippen LogP contribution in [0.15, 0.2) is 83.8 Å². The Morgan fingerprint density at radius 1 is 0.606 bits per heavy atom. The predicted molar refractivity (Wildman–Crippen MR) is 135 cm³/mol. The van der Waals surface area contributed by atoms with Crippen LogP contribution in [0.5, 0.6) is 0 Å². The second kappa shape index (κ2) is 8.03. The van der Waals surface area contributed by atoms with Gasteiger partial charge in [-0.2, -0.15) is 0 Å². The summed E-state index contributed by atoms with van der Waals surface area (Å²) in [6, 6.07) is 22.9. The molecule has 0 amide bonds. The molecular weight excluding hydrogens is 432 g/mol. The summed E-state index contributed by atoms with van der Waals surface area (Å²) >= 11 is 4.54. The van der Waals surface area contributed by atoms with Gasteiger partial charge in [-0.15, -0.1) is 12.6 Å². The number of benzene rings is 4. The van der Waals surface area contributed by atoms with Crippen LogP contribution in [0.2, 0.25) is 0 Å². The van der Waals surface area contributed by atoms with Crippen molar-refractivity contribution >= 4 is 58.3 Å². The van der Waals surface area contributed by atoms with Crippen molar-refractivity contribution in [3.8, 4) is 0 Å². The molecule has 0 aromatic heterocycles. The molecule has 4 aromatic rings. The van der Waals surface area contributed by atoms with E-state index in [1.165, 1.54) is 0 Å². The number of nitrogens with two attached hydrogens (primary N) is 2. The van der Waals surface area contributed by atoms with Crippen LogP contribution in [0.25, 0.3) is 0 Å². The van der Waals surface area contributed by atoms with Crippen molar-refractivity contribution in [3.63, 3.8) is 0 Å². The molecule has 6 nitrogen and oxygen atoms in total. The zero-order valence-electron chi connectivity index (χ0n) is 17.4. The monoisotopic (exact) mass is 452 g/mol. The molecule has 1 aliphatic carbocycles. The molecule has 7 heteroatoms. The Morgan fingerprint density at radius 3 is 1.79 bits per heavy atom. The van der Waals surface area contributed by atoms with Crippen molar-refractivity contribution in [1.82, 2.24) is 0 Å². The van der Waals surface area contributed by atoms with Gasteiger partial charge in [0.25, 0.3) is 0 Å². The lowest BCUT2D eigenvalue weighted by molar-refractivity contribution is 0.0980. The van der Waals surface area contributed by atoms with Gasteiger partial charge >= 0.3 is 0 Å². The summed E-state index contributed by atoms with van der Waals surface area (Å²) in [6.45, 7) is 0. The number of carbonyl (C=O) groups excluding carboxylic acids is 2. The number of nitrogen functional groups attached to an aromatic ring is 2. The van der Waals surface area contributed by atoms with E-state index in [1.807, 2.05) is 12.1 Å². The normalized spacial score (nSPS) is 12.2. The van der Waals surface area contributed by atoms with Crippen LogP contribution in [-0.4, -0.2) is 11.6 Å². The van der Waals surface area contributed by atoms with Crippen molar-refractivity contribution < 1.29 is 9.59 Å². The van der Waals surface area contributed by atoms with E-state index in [4.69, 9.17) is 11.5 Å². The molecule has 0 saturated heterocycles. The van der Waals surface area contributed by atoms with E-state index < -0.39 is 0 Å². The van der Waals surface area contributed by atoms with Crippen LogP contribution in [0, 0.1) is 0 Å². The first-order valence-electron chi connectivity index (χ1n) is 10.3. The Balaban J connectivity index is 1.60. The van der Waals surface area contributed by atoms with E-state index in [0.29, 0.717) is 49.9 Å². The summed E-state index contributed by atoms with van der Waals surface area (Å²) in [4.78, 5) is 27.8. The maximum atomic E-state index is 13.6. The summed E-state index contributed by atoms with van der Waals surface area (Å²) in [6.07, 6.45) is 0. The molecule has 0 bridgehead atoms. The minimum absolute atomic E-state index is 0.230. The fraction of sp³-hybridized carbons (Fsp3) is 0. The molecule has 0 fully saturated rings. The van der Waals surface area contributed by atoms with Gasteiger partial charge in [0, 0.05) is 38.8 Å². The fourth-order valence-corrected chi connectivity index (χ4v) is 4.18. The van der Waals surface area contributed by atoms with Crippen molar-refractivity contribution in [3.05, 3.63) is 101 Å². The third-order valence-electron chi connectivity index (χ3n) is 5.56. The highest BCUT2D eigenvalue weighted by Crippen LogP contribution is 2.39. The number of hydrogen-bond donors (Lipinski definition) is 5. The van der Waals surface area contributed by atoms with E-state index in [0.717, 1.165) is 11.4 Å². The number of thiol groups is 1. The minimum atomic E-state index is -0.241. The van der Waals surface area contributed by atoms with Crippen molar-refractivity contribution in [2.24, 2.45) is 0 Å². The average molecular weight is 453 g/mol. The van der Waals surface area contributed by atoms with E-state index in [1.54, 1.807) is 66.7 Å². The van der Waals surface area contributed by atoms with E-state index in [9.17, 15) is 9.59 Å². The molecule has 0 heterocycles. The molecule has 0 aliphatic heterocycles. The van der Waals surface area contributed by atoms with Gasteiger partial charge in [-0.05, 0) is 66.7 Å². The number of rotatable bonds is 4. The lowest BCUT2D eigenvalue weighted by Crippen LogP contribution is -2.23. The fourth-order valence-electron chi connectivity index (χ4n) is 3.94. The lowest BCUT2D eigenvalue weighted by atomic mass is 9.82. The smallest absolute Gasteiger partial charge is 0.196 e. The Hall–Kier alpha value is -4.23. The Morgan fingerprint density at radius 2 is 1.15 bits per heavy atom. The summed E-state index contributed by atoms with van der Waals surface area (Å²) in [5.74, 6) is -0.471. The number of ketones is 2. The molecule has 0 atom stereocenters. The number of carbonyl (C=O) groups is 2. The topological polar surface area (TPSA) is 110 Å². The van der Waals surface area contributed by atoms with Gasteiger partial charge in [0.2, 0.25) is 0 Å². The van der Waals surface area contributed by atoms with Gasteiger partial charge in [-0.3, -0.25) is 9.59 Å². The van der Waals surface area contributed by atoms with Gasteiger partial charge in [-0.25, -0.2) is 0 Å². The van der Waals surface area contributed by atoms with Gasteiger partial charge in [0.05, 0.1) is 22.5 Å². The van der Waals surface area contributed by atoms with Gasteiger partial charge in [0.15, 0.2) is 11.6 Å². The molecule has 0 radical (unpaired) electrons. The zero-order chi connectivity index (χ0) is 23.1. The van der Waals surface area contributed by atoms with Crippen molar-refractivity contribution in [2.75, 3.05) is 22.1 Å².